The maximum Gasteiger partial charge on any atom is 0.333 e. The first-order chi connectivity index (χ1) is 12.0. The van der Waals surface area contributed by atoms with Crippen LogP contribution < -0.4 is 0 Å². The molecule has 0 saturated carbocycles. The number of rotatable bonds is 9. The minimum absolute atomic E-state index is 0.180. The van der Waals surface area contributed by atoms with Crippen LogP contribution >= 0.6 is 11.3 Å². The SMILES string of the molecule is CON=C(C)c1nc(/C=C/C(OC)C(C)/C(=C\C(=O)OC)OC)cs1. The molecular weight excluding hydrogens is 344 g/mol. The second-order valence-corrected chi connectivity index (χ2v) is 5.92. The molecule has 2 atom stereocenters. The molecule has 1 aromatic heterocycles. The van der Waals surface area contributed by atoms with Crippen LogP contribution in [0, 0.1) is 5.92 Å². The van der Waals surface area contributed by atoms with Crippen LogP contribution in [-0.2, 0) is 23.8 Å². The number of thiazole rings is 1. The monoisotopic (exact) mass is 368 g/mol. The zero-order valence-electron chi connectivity index (χ0n) is 15.3. The number of hydrogen-bond donors (Lipinski definition) is 0. The smallest absolute Gasteiger partial charge is 0.333 e. The Kier molecular flexibility index (Phi) is 8.87. The van der Waals surface area contributed by atoms with E-state index in [4.69, 9.17) is 14.3 Å². The van der Waals surface area contributed by atoms with Crippen LogP contribution in [-0.4, -0.2) is 51.2 Å². The van der Waals surface area contributed by atoms with E-state index in [1.54, 1.807) is 7.11 Å². The highest BCUT2D eigenvalue weighted by atomic mass is 32.1. The van der Waals surface area contributed by atoms with Gasteiger partial charge in [0.1, 0.15) is 23.6 Å². The maximum atomic E-state index is 11.4. The van der Waals surface area contributed by atoms with Gasteiger partial charge in [0.25, 0.3) is 0 Å². The first-order valence-corrected chi connectivity index (χ1v) is 8.42. The molecule has 8 heteroatoms. The largest absolute Gasteiger partial charge is 0.500 e. The second kappa shape index (κ2) is 10.6. The summed E-state index contributed by atoms with van der Waals surface area (Å²) >= 11 is 1.48. The Morgan fingerprint density at radius 1 is 1.28 bits per heavy atom. The first kappa shape index (κ1) is 20.9. The number of nitrogens with zero attached hydrogens (tertiary/aromatic N) is 2. The van der Waals surface area contributed by atoms with Crippen molar-refractivity contribution in [2.45, 2.75) is 20.0 Å². The van der Waals surface area contributed by atoms with Crippen molar-refractivity contribution in [3.63, 3.8) is 0 Å². The van der Waals surface area contributed by atoms with Crippen LogP contribution in [0.4, 0.5) is 0 Å². The van der Waals surface area contributed by atoms with Gasteiger partial charge in [-0.2, -0.15) is 0 Å². The normalized spacial score (nSPS) is 15.1. The van der Waals surface area contributed by atoms with Gasteiger partial charge in [0.05, 0.1) is 32.1 Å². The number of carbonyl (C=O) groups excluding carboxylic acids is 1. The predicted octanol–water partition coefficient (Wildman–Crippen LogP) is 2.88. The number of aromatic nitrogens is 1. The third kappa shape index (κ3) is 6.32. The van der Waals surface area contributed by atoms with Gasteiger partial charge in [0.2, 0.25) is 0 Å². The summed E-state index contributed by atoms with van der Waals surface area (Å²) in [5, 5.41) is 6.57. The molecule has 0 amide bonds. The summed E-state index contributed by atoms with van der Waals surface area (Å²) in [4.78, 5) is 20.6. The molecular formula is C17H24N2O5S. The zero-order valence-corrected chi connectivity index (χ0v) is 16.1. The first-order valence-electron chi connectivity index (χ1n) is 7.55. The van der Waals surface area contributed by atoms with E-state index >= 15 is 0 Å². The minimum atomic E-state index is -0.473. The zero-order chi connectivity index (χ0) is 18.8. The topological polar surface area (TPSA) is 79.2 Å². The highest BCUT2D eigenvalue weighted by Crippen LogP contribution is 2.21. The summed E-state index contributed by atoms with van der Waals surface area (Å²) < 4.78 is 15.4. The van der Waals surface area contributed by atoms with Gasteiger partial charge in [-0.3, -0.25) is 0 Å². The van der Waals surface area contributed by atoms with E-state index in [0.29, 0.717) is 11.5 Å². The molecule has 1 aromatic rings. The van der Waals surface area contributed by atoms with Gasteiger partial charge in [-0.25, -0.2) is 9.78 Å². The Balaban J connectivity index is 2.90. The molecule has 0 spiro atoms. The van der Waals surface area contributed by atoms with E-state index in [2.05, 4.69) is 14.9 Å². The molecule has 1 rings (SSSR count). The predicted molar refractivity (Wildman–Crippen MR) is 97.4 cm³/mol. The van der Waals surface area contributed by atoms with Crippen LogP contribution in [0.25, 0.3) is 6.08 Å². The average molecular weight is 368 g/mol. The standard InChI is InChI=1S/C17H24N2O5S/c1-11(15(22-4)9-16(20)23-5)14(21-3)8-7-13-10-25-17(18-13)12(2)19-24-6/h7-11,14H,1-6H3/b8-7+,15-9+,19-12?. The quantitative estimate of drug-likeness (QED) is 0.219. The Morgan fingerprint density at radius 2 is 2.00 bits per heavy atom. The van der Waals surface area contributed by atoms with Crippen LogP contribution in [0.15, 0.2) is 28.4 Å². The highest BCUT2D eigenvalue weighted by Gasteiger charge is 2.20. The van der Waals surface area contributed by atoms with Crippen molar-refractivity contribution in [2.24, 2.45) is 11.1 Å². The Labute approximate surface area is 151 Å². The van der Waals surface area contributed by atoms with Gasteiger partial charge in [-0.15, -0.1) is 11.3 Å². The van der Waals surface area contributed by atoms with Crippen molar-refractivity contribution in [2.75, 3.05) is 28.4 Å². The van der Waals surface area contributed by atoms with Gasteiger partial charge in [-0.05, 0) is 13.0 Å². The molecule has 7 nitrogen and oxygen atoms in total. The number of esters is 1. The van der Waals surface area contributed by atoms with Gasteiger partial charge in [-0.1, -0.05) is 18.2 Å². The summed E-state index contributed by atoms with van der Waals surface area (Å²) in [6.07, 6.45) is 4.75. The van der Waals surface area contributed by atoms with Crippen LogP contribution in [0.3, 0.4) is 0 Å². The van der Waals surface area contributed by atoms with Crippen molar-refractivity contribution >= 4 is 29.1 Å². The molecule has 0 fully saturated rings. The minimum Gasteiger partial charge on any atom is -0.500 e. The Morgan fingerprint density at radius 3 is 2.56 bits per heavy atom. The molecule has 0 aliphatic rings. The molecule has 138 valence electrons. The second-order valence-electron chi connectivity index (χ2n) is 5.06. The van der Waals surface area contributed by atoms with Crippen LogP contribution in [0.5, 0.6) is 0 Å². The van der Waals surface area contributed by atoms with E-state index in [0.717, 1.165) is 10.7 Å². The van der Waals surface area contributed by atoms with E-state index in [-0.39, 0.29) is 12.0 Å². The average Bonchev–Trinajstić information content (AvgIpc) is 3.09. The van der Waals surface area contributed by atoms with Crippen LogP contribution in [0.2, 0.25) is 0 Å². The van der Waals surface area contributed by atoms with E-state index in [1.807, 2.05) is 31.4 Å². The van der Waals surface area contributed by atoms with Crippen molar-refractivity contribution in [1.82, 2.24) is 4.98 Å². The lowest BCUT2D eigenvalue weighted by Gasteiger charge is -2.21. The maximum absolute atomic E-state index is 11.4. The molecule has 0 N–H and O–H groups in total. The number of methoxy groups -OCH3 is 3. The third-order valence-electron chi connectivity index (χ3n) is 3.43. The van der Waals surface area contributed by atoms with Gasteiger partial charge >= 0.3 is 5.97 Å². The summed E-state index contributed by atoms with van der Waals surface area (Å²) in [6, 6.07) is 0. The molecule has 0 radical (unpaired) electrons. The third-order valence-corrected chi connectivity index (χ3v) is 4.40. The molecule has 2 unspecified atom stereocenters. The molecule has 1 heterocycles. The van der Waals surface area contributed by atoms with Gasteiger partial charge in [0, 0.05) is 18.4 Å². The van der Waals surface area contributed by atoms with E-state index in [1.165, 1.54) is 38.7 Å². The van der Waals surface area contributed by atoms with Crippen LogP contribution in [0.1, 0.15) is 24.5 Å². The summed E-state index contributed by atoms with van der Waals surface area (Å²) in [6.45, 7) is 3.73. The number of ether oxygens (including phenoxy) is 3. The molecule has 0 aliphatic carbocycles. The number of carbonyl (C=O) groups is 1. The van der Waals surface area contributed by atoms with Crippen molar-refractivity contribution in [1.29, 1.82) is 0 Å². The fraction of sp³-hybridized carbons (Fsp3) is 0.471. The van der Waals surface area contributed by atoms with E-state index < -0.39 is 5.97 Å². The molecule has 0 saturated heterocycles. The highest BCUT2D eigenvalue weighted by molar-refractivity contribution is 7.11. The summed E-state index contributed by atoms with van der Waals surface area (Å²) in [5.74, 6) is -0.176. The van der Waals surface area contributed by atoms with Crippen molar-refractivity contribution < 1.29 is 23.8 Å². The van der Waals surface area contributed by atoms with Gasteiger partial charge < -0.3 is 19.0 Å². The lowest BCUT2D eigenvalue weighted by Crippen LogP contribution is -2.21. The molecule has 0 aromatic carbocycles. The van der Waals surface area contributed by atoms with Gasteiger partial charge in [0.15, 0.2) is 0 Å². The van der Waals surface area contributed by atoms with Crippen molar-refractivity contribution in [3.05, 3.63) is 34.0 Å². The Hall–Kier alpha value is -2.19. The summed E-state index contributed by atoms with van der Waals surface area (Å²) in [7, 11) is 5.92. The fourth-order valence-electron chi connectivity index (χ4n) is 2.06. The van der Waals surface area contributed by atoms with Crippen molar-refractivity contribution in [3.8, 4) is 0 Å². The fourth-order valence-corrected chi connectivity index (χ4v) is 2.79. The van der Waals surface area contributed by atoms with E-state index in [9.17, 15) is 4.79 Å². The molecule has 0 bridgehead atoms. The molecule has 25 heavy (non-hydrogen) atoms. The molecule has 0 aliphatic heterocycles. The summed E-state index contributed by atoms with van der Waals surface area (Å²) in [5.41, 5.74) is 1.50. The number of hydrogen-bond acceptors (Lipinski definition) is 8. The number of oxime groups is 1. The Bertz CT molecular complexity index is 651. The lowest BCUT2D eigenvalue weighted by atomic mass is 10.0. The lowest BCUT2D eigenvalue weighted by molar-refractivity contribution is -0.135.